The molecule has 0 amide bonds. The third-order valence-corrected chi connectivity index (χ3v) is 5.65. The summed E-state index contributed by atoms with van der Waals surface area (Å²) in [5.41, 5.74) is 2.29. The summed E-state index contributed by atoms with van der Waals surface area (Å²) in [5.74, 6) is 1.53. The molecule has 0 fully saturated rings. The number of Topliss-reactive ketones (excluding diaryl/α,β-unsaturated/α-hetero) is 1. The van der Waals surface area contributed by atoms with Crippen molar-refractivity contribution < 1.29 is 38.0 Å². The van der Waals surface area contributed by atoms with Gasteiger partial charge in [-0.05, 0) is 48.7 Å². The van der Waals surface area contributed by atoms with Crippen LogP contribution in [0.1, 0.15) is 54.1 Å². The first-order valence-corrected chi connectivity index (χ1v) is 11.7. The second kappa shape index (κ2) is 15.4. The zero-order valence-corrected chi connectivity index (χ0v) is 21.6. The van der Waals surface area contributed by atoms with E-state index in [1.807, 2.05) is 19.1 Å². The van der Waals surface area contributed by atoms with E-state index in [1.165, 1.54) is 0 Å². The first-order valence-electron chi connectivity index (χ1n) is 11.7. The van der Waals surface area contributed by atoms with Gasteiger partial charge in [0.15, 0.2) is 26.2 Å². The Bertz CT molecular complexity index is 897. The SMILES string of the molecule is CCC[C@H](C(=O)c1ccc(OCOC)cc1)[C@@H](C)c1cc(OCOC)cc(COC)c1OCOC. The Morgan fingerprint density at radius 1 is 0.800 bits per heavy atom. The fraction of sp³-hybridized carbons (Fsp3) is 0.519. The standard InChI is InChI=1S/C27H38O8/c1-7-8-24(26(28)20-9-11-22(12-10-20)33-16-30-4)19(2)25-14-23(34-17-31-5)13-21(15-29-3)27(25)35-18-32-6/h9-14,19,24H,7-8,15-18H2,1-6H3/t19-,24+/m1/s1. The summed E-state index contributed by atoms with van der Waals surface area (Å²) in [6.07, 6.45) is 1.57. The van der Waals surface area contributed by atoms with Crippen molar-refractivity contribution in [1.82, 2.24) is 0 Å². The molecule has 194 valence electrons. The Morgan fingerprint density at radius 2 is 1.40 bits per heavy atom. The van der Waals surface area contributed by atoms with E-state index in [2.05, 4.69) is 6.92 Å². The summed E-state index contributed by atoms with van der Waals surface area (Å²) >= 11 is 0. The van der Waals surface area contributed by atoms with Crippen LogP contribution in [0, 0.1) is 5.92 Å². The van der Waals surface area contributed by atoms with Crippen LogP contribution < -0.4 is 14.2 Å². The molecule has 8 heteroatoms. The zero-order valence-electron chi connectivity index (χ0n) is 21.6. The molecular formula is C27H38O8. The molecule has 0 aliphatic carbocycles. The highest BCUT2D eigenvalue weighted by Crippen LogP contribution is 2.40. The van der Waals surface area contributed by atoms with Gasteiger partial charge in [0, 0.05) is 51.0 Å². The van der Waals surface area contributed by atoms with Crippen molar-refractivity contribution in [3.05, 3.63) is 53.1 Å². The van der Waals surface area contributed by atoms with Gasteiger partial charge in [-0.1, -0.05) is 20.3 Å². The van der Waals surface area contributed by atoms with E-state index in [9.17, 15) is 4.79 Å². The summed E-state index contributed by atoms with van der Waals surface area (Å²) in [6, 6.07) is 10.9. The van der Waals surface area contributed by atoms with Gasteiger partial charge >= 0.3 is 0 Å². The van der Waals surface area contributed by atoms with Crippen molar-refractivity contribution in [3.8, 4) is 17.2 Å². The van der Waals surface area contributed by atoms with E-state index in [0.717, 1.165) is 17.5 Å². The monoisotopic (exact) mass is 490 g/mol. The van der Waals surface area contributed by atoms with Crippen LogP contribution in [0.25, 0.3) is 0 Å². The molecule has 0 unspecified atom stereocenters. The summed E-state index contributed by atoms with van der Waals surface area (Å²) in [4.78, 5) is 13.7. The van der Waals surface area contributed by atoms with Gasteiger partial charge in [0.2, 0.25) is 0 Å². The van der Waals surface area contributed by atoms with Crippen molar-refractivity contribution in [2.75, 3.05) is 48.8 Å². The quantitative estimate of drug-likeness (QED) is 0.222. The van der Waals surface area contributed by atoms with Crippen LogP contribution in [0.5, 0.6) is 17.2 Å². The predicted octanol–water partition coefficient (Wildman–Crippen LogP) is 5.18. The lowest BCUT2D eigenvalue weighted by atomic mass is 9.79. The van der Waals surface area contributed by atoms with Crippen molar-refractivity contribution in [3.63, 3.8) is 0 Å². The Hall–Kier alpha value is -2.65. The zero-order chi connectivity index (χ0) is 25.6. The fourth-order valence-electron chi connectivity index (χ4n) is 3.98. The van der Waals surface area contributed by atoms with Crippen molar-refractivity contribution in [2.45, 2.75) is 39.2 Å². The van der Waals surface area contributed by atoms with Crippen LogP contribution in [-0.4, -0.2) is 54.6 Å². The molecule has 0 N–H and O–H groups in total. The maximum absolute atomic E-state index is 13.7. The second-order valence-corrected chi connectivity index (χ2v) is 8.16. The van der Waals surface area contributed by atoms with Crippen LogP contribution in [0.15, 0.2) is 36.4 Å². The van der Waals surface area contributed by atoms with E-state index in [0.29, 0.717) is 35.8 Å². The number of hydrogen-bond acceptors (Lipinski definition) is 8. The number of methoxy groups -OCH3 is 4. The topological polar surface area (TPSA) is 81.7 Å². The van der Waals surface area contributed by atoms with E-state index < -0.39 is 0 Å². The lowest BCUT2D eigenvalue weighted by molar-refractivity contribution is 0.0451. The molecule has 0 spiro atoms. The molecule has 0 saturated heterocycles. The largest absolute Gasteiger partial charge is 0.468 e. The van der Waals surface area contributed by atoms with Gasteiger partial charge in [-0.15, -0.1) is 0 Å². The number of ether oxygens (including phenoxy) is 7. The number of carbonyl (C=O) groups excluding carboxylic acids is 1. The molecule has 35 heavy (non-hydrogen) atoms. The van der Waals surface area contributed by atoms with Crippen molar-refractivity contribution in [2.24, 2.45) is 5.92 Å². The number of hydrogen-bond donors (Lipinski definition) is 0. The Labute approximate surface area is 208 Å². The molecule has 0 aliphatic heterocycles. The predicted molar refractivity (Wildman–Crippen MR) is 132 cm³/mol. The highest BCUT2D eigenvalue weighted by atomic mass is 16.7. The molecule has 8 nitrogen and oxygen atoms in total. The molecule has 0 heterocycles. The molecule has 0 bridgehead atoms. The van der Waals surface area contributed by atoms with Crippen LogP contribution in [0.3, 0.4) is 0 Å². The average molecular weight is 491 g/mol. The van der Waals surface area contributed by atoms with Crippen LogP contribution in [0.4, 0.5) is 0 Å². The summed E-state index contributed by atoms with van der Waals surface area (Å²) in [5, 5.41) is 0. The maximum Gasteiger partial charge on any atom is 0.188 e. The van der Waals surface area contributed by atoms with Crippen LogP contribution >= 0.6 is 0 Å². The van der Waals surface area contributed by atoms with Gasteiger partial charge < -0.3 is 33.2 Å². The van der Waals surface area contributed by atoms with Gasteiger partial charge in [0.25, 0.3) is 0 Å². The van der Waals surface area contributed by atoms with Gasteiger partial charge in [-0.3, -0.25) is 4.79 Å². The smallest absolute Gasteiger partial charge is 0.188 e. The molecule has 2 rings (SSSR count). The van der Waals surface area contributed by atoms with Gasteiger partial charge in [-0.2, -0.15) is 0 Å². The maximum atomic E-state index is 13.7. The third-order valence-electron chi connectivity index (χ3n) is 5.65. The van der Waals surface area contributed by atoms with E-state index in [-0.39, 0.29) is 38.0 Å². The second-order valence-electron chi connectivity index (χ2n) is 8.16. The lowest BCUT2D eigenvalue weighted by Crippen LogP contribution is -2.22. The van der Waals surface area contributed by atoms with Crippen LogP contribution in [0.2, 0.25) is 0 Å². The summed E-state index contributed by atoms with van der Waals surface area (Å²) in [7, 11) is 6.32. The first-order chi connectivity index (χ1) is 17.0. The Kier molecular flexibility index (Phi) is 12.6. The highest BCUT2D eigenvalue weighted by molar-refractivity contribution is 5.98. The van der Waals surface area contributed by atoms with Crippen LogP contribution in [-0.2, 0) is 25.6 Å². The fourth-order valence-corrected chi connectivity index (χ4v) is 3.98. The van der Waals surface area contributed by atoms with E-state index in [4.69, 9.17) is 33.2 Å². The number of ketones is 1. The Morgan fingerprint density at radius 3 is 1.97 bits per heavy atom. The summed E-state index contributed by atoms with van der Waals surface area (Å²) < 4.78 is 37.8. The molecule has 0 aromatic heterocycles. The van der Waals surface area contributed by atoms with Gasteiger partial charge in [0.05, 0.1) is 6.61 Å². The average Bonchev–Trinajstić information content (AvgIpc) is 2.88. The Balaban J connectivity index is 2.46. The molecule has 2 aromatic rings. The highest BCUT2D eigenvalue weighted by Gasteiger charge is 2.30. The number of rotatable bonds is 17. The van der Waals surface area contributed by atoms with Gasteiger partial charge in [0.1, 0.15) is 17.2 Å². The minimum Gasteiger partial charge on any atom is -0.468 e. The van der Waals surface area contributed by atoms with E-state index >= 15 is 0 Å². The molecule has 2 atom stereocenters. The minimum atomic E-state index is -0.274. The summed E-state index contributed by atoms with van der Waals surface area (Å²) in [6.45, 7) is 4.76. The minimum absolute atomic E-state index is 0.0619. The normalized spacial score (nSPS) is 12.7. The molecule has 0 radical (unpaired) electrons. The molecular weight excluding hydrogens is 452 g/mol. The third kappa shape index (κ3) is 8.21. The number of carbonyl (C=O) groups is 1. The van der Waals surface area contributed by atoms with Crippen molar-refractivity contribution >= 4 is 5.78 Å². The van der Waals surface area contributed by atoms with E-state index in [1.54, 1.807) is 52.7 Å². The molecule has 2 aromatic carbocycles. The lowest BCUT2D eigenvalue weighted by Gasteiger charge is -2.27. The molecule has 0 aliphatic rings. The first kappa shape index (κ1) is 28.6. The van der Waals surface area contributed by atoms with Crippen molar-refractivity contribution in [1.29, 1.82) is 0 Å². The number of benzene rings is 2. The molecule has 0 saturated carbocycles. The van der Waals surface area contributed by atoms with Gasteiger partial charge in [-0.25, -0.2) is 0 Å².